The Bertz CT molecular complexity index is 227. The summed E-state index contributed by atoms with van der Waals surface area (Å²) in [6, 6.07) is -0.0664. The summed E-state index contributed by atoms with van der Waals surface area (Å²) < 4.78 is 0. The van der Waals surface area contributed by atoms with E-state index in [4.69, 9.17) is 0 Å². The van der Waals surface area contributed by atoms with E-state index in [2.05, 4.69) is 24.5 Å². The molecule has 0 aliphatic carbocycles. The highest BCUT2D eigenvalue weighted by Gasteiger charge is 2.17. The van der Waals surface area contributed by atoms with E-state index in [0.29, 0.717) is 5.92 Å². The van der Waals surface area contributed by atoms with Crippen molar-refractivity contribution in [2.24, 2.45) is 11.8 Å². The Labute approximate surface area is 109 Å². The van der Waals surface area contributed by atoms with Crippen LogP contribution < -0.4 is 10.6 Å². The van der Waals surface area contributed by atoms with Crippen LogP contribution >= 0.6 is 11.8 Å². The first kappa shape index (κ1) is 14.8. The van der Waals surface area contributed by atoms with Crippen LogP contribution in [0.2, 0.25) is 0 Å². The van der Waals surface area contributed by atoms with Crippen LogP contribution in [0.3, 0.4) is 0 Å². The summed E-state index contributed by atoms with van der Waals surface area (Å²) in [5.74, 6) is 3.96. The predicted octanol–water partition coefficient (Wildman–Crippen LogP) is 1.88. The van der Waals surface area contributed by atoms with Gasteiger partial charge in [0.05, 0.1) is 6.04 Å². The van der Waals surface area contributed by atoms with Gasteiger partial charge in [0, 0.05) is 6.54 Å². The first-order valence-electron chi connectivity index (χ1n) is 6.68. The molecule has 17 heavy (non-hydrogen) atoms. The van der Waals surface area contributed by atoms with Gasteiger partial charge in [-0.05, 0) is 49.7 Å². The number of rotatable bonds is 6. The molecule has 0 spiro atoms. The van der Waals surface area contributed by atoms with Gasteiger partial charge in [-0.2, -0.15) is 11.8 Å². The van der Waals surface area contributed by atoms with Crippen LogP contribution in [-0.2, 0) is 4.79 Å². The molecule has 1 rings (SSSR count). The molecule has 1 aliphatic heterocycles. The third-order valence-corrected chi connectivity index (χ3v) is 4.18. The number of carbonyl (C=O) groups excluding carboxylic acids is 1. The van der Waals surface area contributed by atoms with Crippen LogP contribution in [0.1, 0.15) is 33.6 Å². The minimum atomic E-state index is -0.0664. The van der Waals surface area contributed by atoms with Crippen molar-refractivity contribution >= 4 is 17.7 Å². The molecule has 2 N–H and O–H groups in total. The molecule has 100 valence electrons. The highest BCUT2D eigenvalue weighted by molar-refractivity contribution is 7.99. The molecule has 1 heterocycles. The van der Waals surface area contributed by atoms with E-state index >= 15 is 0 Å². The van der Waals surface area contributed by atoms with E-state index in [1.165, 1.54) is 24.3 Å². The average molecular weight is 258 g/mol. The van der Waals surface area contributed by atoms with Crippen molar-refractivity contribution in [3.05, 3.63) is 0 Å². The summed E-state index contributed by atoms with van der Waals surface area (Å²) in [5.41, 5.74) is 0. The van der Waals surface area contributed by atoms with Crippen molar-refractivity contribution in [1.82, 2.24) is 10.6 Å². The lowest BCUT2D eigenvalue weighted by atomic mass is 10.0. The third kappa shape index (κ3) is 6.32. The van der Waals surface area contributed by atoms with Crippen LogP contribution in [0.4, 0.5) is 0 Å². The first-order valence-corrected chi connectivity index (χ1v) is 7.84. The summed E-state index contributed by atoms with van der Waals surface area (Å²) in [6.45, 7) is 7.92. The summed E-state index contributed by atoms with van der Waals surface area (Å²) in [4.78, 5) is 11.7. The van der Waals surface area contributed by atoms with E-state index < -0.39 is 0 Å². The number of hydrogen-bond acceptors (Lipinski definition) is 3. The zero-order chi connectivity index (χ0) is 12.7. The molecule has 1 saturated heterocycles. The van der Waals surface area contributed by atoms with Crippen molar-refractivity contribution in [2.75, 3.05) is 24.6 Å². The van der Waals surface area contributed by atoms with Gasteiger partial charge in [-0.15, -0.1) is 0 Å². The van der Waals surface area contributed by atoms with Gasteiger partial charge in [-0.1, -0.05) is 13.8 Å². The second-order valence-electron chi connectivity index (χ2n) is 5.32. The van der Waals surface area contributed by atoms with Gasteiger partial charge < -0.3 is 10.6 Å². The summed E-state index contributed by atoms with van der Waals surface area (Å²) >= 11 is 2.04. The normalized spacial score (nSPS) is 19.3. The fraction of sp³-hybridized carbons (Fsp3) is 0.923. The van der Waals surface area contributed by atoms with Gasteiger partial charge in [-0.3, -0.25) is 4.79 Å². The Morgan fingerprint density at radius 3 is 2.53 bits per heavy atom. The topological polar surface area (TPSA) is 41.1 Å². The number of nitrogens with one attached hydrogen (secondary N) is 2. The Hall–Kier alpha value is -0.220. The molecule has 4 heteroatoms. The minimum absolute atomic E-state index is 0.0664. The van der Waals surface area contributed by atoms with Crippen molar-refractivity contribution in [2.45, 2.75) is 39.7 Å². The van der Waals surface area contributed by atoms with Gasteiger partial charge in [0.25, 0.3) is 0 Å². The number of amides is 1. The maximum absolute atomic E-state index is 11.7. The second kappa shape index (κ2) is 7.98. The van der Waals surface area contributed by atoms with Gasteiger partial charge in [0.2, 0.25) is 5.91 Å². The molecular weight excluding hydrogens is 232 g/mol. The standard InChI is InChI=1S/C13H26N2OS/c1-10(2)8-15-13(16)11(3)14-9-12-4-6-17-7-5-12/h10-12,14H,4-9H2,1-3H3,(H,15,16). The molecule has 1 unspecified atom stereocenters. The van der Waals surface area contributed by atoms with E-state index in [-0.39, 0.29) is 11.9 Å². The van der Waals surface area contributed by atoms with Crippen LogP contribution in [-0.4, -0.2) is 36.5 Å². The molecule has 0 bridgehead atoms. The van der Waals surface area contributed by atoms with Crippen LogP contribution in [0.25, 0.3) is 0 Å². The van der Waals surface area contributed by atoms with E-state index in [1.807, 2.05) is 18.7 Å². The molecule has 1 atom stereocenters. The van der Waals surface area contributed by atoms with Gasteiger partial charge in [-0.25, -0.2) is 0 Å². The molecule has 0 aromatic rings. The fourth-order valence-electron chi connectivity index (χ4n) is 1.84. The Morgan fingerprint density at radius 2 is 1.94 bits per heavy atom. The average Bonchev–Trinajstić information content (AvgIpc) is 2.34. The highest BCUT2D eigenvalue weighted by Crippen LogP contribution is 2.21. The lowest BCUT2D eigenvalue weighted by Gasteiger charge is -2.23. The monoisotopic (exact) mass is 258 g/mol. The zero-order valence-corrected chi connectivity index (χ0v) is 12.1. The van der Waals surface area contributed by atoms with E-state index in [0.717, 1.165) is 19.0 Å². The lowest BCUT2D eigenvalue weighted by molar-refractivity contribution is -0.122. The van der Waals surface area contributed by atoms with E-state index in [1.54, 1.807) is 0 Å². The summed E-state index contributed by atoms with van der Waals surface area (Å²) in [7, 11) is 0. The van der Waals surface area contributed by atoms with E-state index in [9.17, 15) is 4.79 Å². The van der Waals surface area contributed by atoms with Crippen LogP contribution in [0, 0.1) is 11.8 Å². The van der Waals surface area contributed by atoms with Crippen LogP contribution in [0.15, 0.2) is 0 Å². The number of thioether (sulfide) groups is 1. The SMILES string of the molecule is CC(C)CNC(=O)C(C)NCC1CCSCC1. The van der Waals surface area contributed by atoms with Crippen molar-refractivity contribution < 1.29 is 4.79 Å². The van der Waals surface area contributed by atoms with Gasteiger partial charge in [0.15, 0.2) is 0 Å². The smallest absolute Gasteiger partial charge is 0.236 e. The van der Waals surface area contributed by atoms with Crippen molar-refractivity contribution in [3.8, 4) is 0 Å². The Morgan fingerprint density at radius 1 is 1.29 bits per heavy atom. The zero-order valence-electron chi connectivity index (χ0n) is 11.3. The molecule has 0 aromatic heterocycles. The van der Waals surface area contributed by atoms with Crippen LogP contribution in [0.5, 0.6) is 0 Å². The molecule has 0 radical (unpaired) electrons. The number of carbonyl (C=O) groups is 1. The lowest BCUT2D eigenvalue weighted by Crippen LogP contribution is -2.45. The minimum Gasteiger partial charge on any atom is -0.354 e. The maximum Gasteiger partial charge on any atom is 0.236 e. The first-order chi connectivity index (χ1) is 8.09. The Kier molecular flexibility index (Phi) is 6.97. The quantitative estimate of drug-likeness (QED) is 0.764. The maximum atomic E-state index is 11.7. The molecule has 3 nitrogen and oxygen atoms in total. The molecule has 0 saturated carbocycles. The van der Waals surface area contributed by atoms with Gasteiger partial charge >= 0.3 is 0 Å². The predicted molar refractivity (Wildman–Crippen MR) is 75.4 cm³/mol. The highest BCUT2D eigenvalue weighted by atomic mass is 32.2. The number of hydrogen-bond donors (Lipinski definition) is 2. The largest absolute Gasteiger partial charge is 0.354 e. The molecule has 1 amide bonds. The molecule has 1 aliphatic rings. The molecule has 0 aromatic carbocycles. The fourth-order valence-corrected chi connectivity index (χ4v) is 3.05. The summed E-state index contributed by atoms with van der Waals surface area (Å²) in [6.07, 6.45) is 2.58. The molecular formula is C13H26N2OS. The Balaban J connectivity index is 2.14. The second-order valence-corrected chi connectivity index (χ2v) is 6.55. The van der Waals surface area contributed by atoms with Gasteiger partial charge in [0.1, 0.15) is 0 Å². The molecule has 1 fully saturated rings. The third-order valence-electron chi connectivity index (χ3n) is 3.13. The summed E-state index contributed by atoms with van der Waals surface area (Å²) in [5, 5.41) is 6.32. The van der Waals surface area contributed by atoms with Crippen molar-refractivity contribution in [1.29, 1.82) is 0 Å². The van der Waals surface area contributed by atoms with Crippen molar-refractivity contribution in [3.63, 3.8) is 0 Å².